The number of hydrogen-bond acceptors (Lipinski definition) is 3. The Bertz CT molecular complexity index is 437. The molecule has 0 aromatic heterocycles. The van der Waals surface area contributed by atoms with E-state index in [9.17, 15) is 17.6 Å². The Kier molecular flexibility index (Phi) is 6.91. The second-order valence-electron chi connectivity index (χ2n) is 4.62. The average Bonchev–Trinajstić information content (AvgIpc) is 2.41. The smallest absolute Gasteiger partial charge is 0.411 e. The van der Waals surface area contributed by atoms with E-state index in [2.05, 4.69) is 10.1 Å². The van der Waals surface area contributed by atoms with Crippen LogP contribution in [0.1, 0.15) is 12.0 Å². The van der Waals surface area contributed by atoms with Crippen molar-refractivity contribution in [1.29, 1.82) is 0 Å². The van der Waals surface area contributed by atoms with Crippen molar-refractivity contribution in [3.63, 3.8) is 0 Å². The summed E-state index contributed by atoms with van der Waals surface area (Å²) in [6.45, 7) is -1.26. The highest BCUT2D eigenvalue weighted by Crippen LogP contribution is 2.19. The second-order valence-corrected chi connectivity index (χ2v) is 4.62. The minimum atomic E-state index is -4.31. The van der Waals surface area contributed by atoms with Gasteiger partial charge in [0.1, 0.15) is 6.61 Å². The van der Waals surface area contributed by atoms with Crippen molar-refractivity contribution >= 4 is 0 Å². The van der Waals surface area contributed by atoms with Crippen molar-refractivity contribution in [2.24, 2.45) is 0 Å². The molecule has 7 heteroatoms. The fourth-order valence-electron chi connectivity index (χ4n) is 1.88. The third-order valence-corrected chi connectivity index (χ3v) is 2.98. The largest absolute Gasteiger partial charge is 0.494 e. The van der Waals surface area contributed by atoms with Crippen molar-refractivity contribution in [1.82, 2.24) is 5.32 Å². The van der Waals surface area contributed by atoms with E-state index in [0.29, 0.717) is 12.8 Å². The highest BCUT2D eigenvalue weighted by Gasteiger charge is 2.27. The molecule has 0 amide bonds. The number of nitrogens with one attached hydrogen (secondary N) is 1. The van der Waals surface area contributed by atoms with E-state index in [1.54, 1.807) is 13.1 Å². The van der Waals surface area contributed by atoms with E-state index >= 15 is 0 Å². The molecule has 0 aliphatic carbocycles. The van der Waals surface area contributed by atoms with E-state index in [0.717, 1.165) is 5.56 Å². The van der Waals surface area contributed by atoms with Gasteiger partial charge in [0.15, 0.2) is 11.6 Å². The Hall–Kier alpha value is -1.34. The third-order valence-electron chi connectivity index (χ3n) is 2.98. The van der Waals surface area contributed by atoms with Gasteiger partial charge in [-0.25, -0.2) is 4.39 Å². The zero-order valence-corrected chi connectivity index (χ0v) is 12.0. The Morgan fingerprint density at radius 2 is 2.00 bits per heavy atom. The summed E-state index contributed by atoms with van der Waals surface area (Å²) in [5.74, 6) is -0.300. The minimum absolute atomic E-state index is 0.0103. The number of likely N-dealkylation sites (N-methyl/N-ethyl adjacent to an activating group) is 1. The molecule has 0 heterocycles. The molecule has 0 bridgehead atoms. The molecule has 120 valence electrons. The first-order chi connectivity index (χ1) is 9.85. The van der Waals surface area contributed by atoms with Crippen LogP contribution in [0, 0.1) is 5.82 Å². The number of hydrogen-bond donors (Lipinski definition) is 1. The zero-order chi connectivity index (χ0) is 15.9. The first-order valence-corrected chi connectivity index (χ1v) is 6.50. The lowest BCUT2D eigenvalue weighted by molar-refractivity contribution is -0.174. The molecular formula is C14H19F4NO2. The van der Waals surface area contributed by atoms with Crippen LogP contribution in [-0.4, -0.2) is 39.6 Å². The van der Waals surface area contributed by atoms with Crippen molar-refractivity contribution in [2.75, 3.05) is 27.4 Å². The number of halogens is 4. The molecule has 1 rings (SSSR count). The monoisotopic (exact) mass is 309 g/mol. The summed E-state index contributed by atoms with van der Waals surface area (Å²) in [5.41, 5.74) is 0.739. The van der Waals surface area contributed by atoms with E-state index < -0.39 is 18.6 Å². The molecule has 0 spiro atoms. The van der Waals surface area contributed by atoms with E-state index in [-0.39, 0.29) is 18.4 Å². The first-order valence-electron chi connectivity index (χ1n) is 6.50. The molecule has 1 atom stereocenters. The number of methoxy groups -OCH3 is 1. The zero-order valence-electron chi connectivity index (χ0n) is 12.0. The van der Waals surface area contributed by atoms with E-state index in [1.165, 1.54) is 19.2 Å². The Labute approximate surface area is 121 Å². The quantitative estimate of drug-likeness (QED) is 0.591. The molecule has 1 aromatic carbocycles. The van der Waals surface area contributed by atoms with Gasteiger partial charge in [-0.2, -0.15) is 13.2 Å². The van der Waals surface area contributed by atoms with Crippen LogP contribution in [0.2, 0.25) is 0 Å². The summed E-state index contributed by atoms with van der Waals surface area (Å²) in [6.07, 6.45) is -3.42. The van der Waals surface area contributed by atoms with Crippen LogP contribution in [-0.2, 0) is 11.2 Å². The molecule has 1 N–H and O–H groups in total. The van der Waals surface area contributed by atoms with Gasteiger partial charge in [-0.05, 0) is 37.6 Å². The van der Waals surface area contributed by atoms with Crippen LogP contribution in [0.4, 0.5) is 17.6 Å². The second kappa shape index (κ2) is 8.19. The lowest BCUT2D eigenvalue weighted by Crippen LogP contribution is -2.29. The number of ether oxygens (including phenoxy) is 2. The molecule has 0 aliphatic heterocycles. The van der Waals surface area contributed by atoms with Gasteiger partial charge >= 0.3 is 6.18 Å². The van der Waals surface area contributed by atoms with Crippen molar-refractivity contribution in [3.05, 3.63) is 29.6 Å². The maximum absolute atomic E-state index is 13.5. The van der Waals surface area contributed by atoms with Crippen LogP contribution in [0.5, 0.6) is 5.75 Å². The molecular weight excluding hydrogens is 290 g/mol. The maximum atomic E-state index is 13.5. The summed E-state index contributed by atoms with van der Waals surface area (Å²) in [5, 5.41) is 2.98. The standard InChI is InChI=1S/C14H19F4NO2/c1-19-11(5-6-21-9-14(16,17)18)7-10-3-4-13(20-2)12(15)8-10/h3-4,8,11,19H,5-7,9H2,1-2H3. The average molecular weight is 309 g/mol. The molecule has 1 aromatic rings. The number of rotatable bonds is 8. The van der Waals surface area contributed by atoms with Gasteiger partial charge in [0.2, 0.25) is 0 Å². The summed E-state index contributed by atoms with van der Waals surface area (Å²) in [6, 6.07) is 4.52. The Morgan fingerprint density at radius 1 is 1.29 bits per heavy atom. The van der Waals surface area contributed by atoms with Gasteiger partial charge in [0, 0.05) is 12.6 Å². The summed E-state index contributed by atoms with van der Waals surface area (Å²) in [7, 11) is 3.08. The molecule has 0 aliphatic rings. The highest BCUT2D eigenvalue weighted by molar-refractivity contribution is 5.29. The van der Waals surface area contributed by atoms with Gasteiger partial charge in [0.05, 0.1) is 7.11 Å². The van der Waals surface area contributed by atoms with Crippen LogP contribution < -0.4 is 10.1 Å². The summed E-state index contributed by atoms with van der Waals surface area (Å²) >= 11 is 0. The fourth-order valence-corrected chi connectivity index (χ4v) is 1.88. The van der Waals surface area contributed by atoms with Gasteiger partial charge < -0.3 is 14.8 Å². The van der Waals surface area contributed by atoms with Crippen LogP contribution in [0.3, 0.4) is 0 Å². The molecule has 0 saturated carbocycles. The lowest BCUT2D eigenvalue weighted by Gasteiger charge is -2.17. The Balaban J connectivity index is 2.45. The number of alkyl halides is 3. The SMILES string of the molecule is CNC(CCOCC(F)(F)F)Cc1ccc(OC)c(F)c1. The molecule has 1 unspecified atom stereocenters. The predicted octanol–water partition coefficient (Wildman–Crippen LogP) is 2.93. The van der Waals surface area contributed by atoms with Gasteiger partial charge in [-0.3, -0.25) is 0 Å². The fraction of sp³-hybridized carbons (Fsp3) is 0.571. The molecule has 0 radical (unpaired) electrons. The predicted molar refractivity (Wildman–Crippen MR) is 71.0 cm³/mol. The Morgan fingerprint density at radius 3 is 2.52 bits per heavy atom. The van der Waals surface area contributed by atoms with Gasteiger partial charge in [0.25, 0.3) is 0 Å². The molecule has 21 heavy (non-hydrogen) atoms. The minimum Gasteiger partial charge on any atom is -0.494 e. The molecule has 0 fully saturated rings. The summed E-state index contributed by atoms with van der Waals surface area (Å²) in [4.78, 5) is 0. The van der Waals surface area contributed by atoms with Crippen molar-refractivity contribution in [2.45, 2.75) is 25.1 Å². The third kappa shape index (κ3) is 6.77. The normalized spacial score (nSPS) is 13.2. The topological polar surface area (TPSA) is 30.5 Å². The summed E-state index contributed by atoms with van der Waals surface area (Å²) < 4.78 is 58.7. The molecule has 3 nitrogen and oxygen atoms in total. The van der Waals surface area contributed by atoms with Crippen LogP contribution >= 0.6 is 0 Å². The van der Waals surface area contributed by atoms with Crippen LogP contribution in [0.25, 0.3) is 0 Å². The lowest BCUT2D eigenvalue weighted by atomic mass is 10.0. The van der Waals surface area contributed by atoms with Crippen molar-refractivity contribution < 1.29 is 27.0 Å². The maximum Gasteiger partial charge on any atom is 0.411 e. The number of benzene rings is 1. The van der Waals surface area contributed by atoms with Gasteiger partial charge in [-0.1, -0.05) is 6.07 Å². The highest BCUT2D eigenvalue weighted by atomic mass is 19.4. The first kappa shape index (κ1) is 17.7. The van der Waals surface area contributed by atoms with Gasteiger partial charge in [-0.15, -0.1) is 0 Å². The van der Waals surface area contributed by atoms with E-state index in [4.69, 9.17) is 4.74 Å². The van der Waals surface area contributed by atoms with E-state index in [1.807, 2.05) is 0 Å². The molecule has 0 saturated heterocycles. The van der Waals surface area contributed by atoms with Crippen molar-refractivity contribution in [3.8, 4) is 5.75 Å². The van der Waals surface area contributed by atoms with Crippen LogP contribution in [0.15, 0.2) is 18.2 Å².